The Morgan fingerprint density at radius 2 is 0.526 bits per heavy atom. The van der Waals surface area contributed by atoms with Gasteiger partial charge in [-0.2, -0.15) is 0 Å². The molecule has 76 heavy (non-hydrogen) atoms. The van der Waals surface area contributed by atoms with Crippen molar-refractivity contribution in [2.24, 2.45) is 0 Å². The monoisotopic (exact) mass is 1050 g/mol. The molecule has 0 aromatic carbocycles. The zero-order valence-corrected chi connectivity index (χ0v) is 49.7. The van der Waals surface area contributed by atoms with E-state index in [1.165, 1.54) is 128 Å². The predicted molar refractivity (Wildman–Crippen MR) is 330 cm³/mol. The first kappa shape index (κ1) is 72.1. The average Bonchev–Trinajstić information content (AvgIpc) is 3.42. The lowest BCUT2D eigenvalue weighted by molar-refractivity contribution is -0.167. The van der Waals surface area contributed by atoms with E-state index in [1.807, 2.05) is 0 Å². The van der Waals surface area contributed by atoms with Crippen molar-refractivity contribution in [1.29, 1.82) is 0 Å². The molecule has 1 unspecified atom stereocenters. The Bertz CT molecular complexity index is 1540. The molecule has 0 heterocycles. The van der Waals surface area contributed by atoms with E-state index in [9.17, 15) is 14.4 Å². The molecule has 0 saturated carbocycles. The van der Waals surface area contributed by atoms with Gasteiger partial charge in [0.25, 0.3) is 0 Å². The molecule has 0 aliphatic rings. The Hall–Kier alpha value is -3.93. The number of hydrogen-bond donors (Lipinski definition) is 0. The van der Waals surface area contributed by atoms with Crippen LogP contribution in [0.5, 0.6) is 0 Å². The van der Waals surface area contributed by atoms with Crippen molar-refractivity contribution in [2.75, 3.05) is 13.2 Å². The Morgan fingerprint density at radius 3 is 0.842 bits per heavy atom. The van der Waals surface area contributed by atoms with Crippen molar-refractivity contribution in [3.05, 3.63) is 109 Å². The first-order chi connectivity index (χ1) is 37.5. The van der Waals surface area contributed by atoms with Gasteiger partial charge in [-0.25, -0.2) is 0 Å². The molecule has 1 atom stereocenters. The molecule has 0 bridgehead atoms. The molecule has 0 aliphatic heterocycles. The molecular formula is C70H118O6. The van der Waals surface area contributed by atoms with Gasteiger partial charge in [-0.15, -0.1) is 0 Å². The summed E-state index contributed by atoms with van der Waals surface area (Å²) in [5.41, 5.74) is 0. The van der Waals surface area contributed by atoms with Crippen LogP contribution in [0.15, 0.2) is 109 Å². The van der Waals surface area contributed by atoms with Gasteiger partial charge < -0.3 is 14.2 Å². The van der Waals surface area contributed by atoms with E-state index in [0.717, 1.165) is 128 Å². The van der Waals surface area contributed by atoms with Crippen LogP contribution < -0.4 is 0 Å². The zero-order chi connectivity index (χ0) is 55.0. The highest BCUT2D eigenvalue weighted by Gasteiger charge is 2.19. The third-order valence-electron chi connectivity index (χ3n) is 13.5. The minimum absolute atomic E-state index is 0.0818. The fourth-order valence-electron chi connectivity index (χ4n) is 8.73. The molecule has 0 spiro atoms. The number of ether oxygens (including phenoxy) is 3. The molecule has 0 aromatic heterocycles. The van der Waals surface area contributed by atoms with E-state index < -0.39 is 6.10 Å². The number of rotatable bonds is 57. The van der Waals surface area contributed by atoms with E-state index in [-0.39, 0.29) is 31.1 Å². The first-order valence-electron chi connectivity index (χ1n) is 31.9. The molecule has 0 saturated heterocycles. The third kappa shape index (κ3) is 60.9. The average molecular weight is 1060 g/mol. The molecule has 0 amide bonds. The second-order valence-electron chi connectivity index (χ2n) is 20.9. The van der Waals surface area contributed by atoms with Gasteiger partial charge in [0.15, 0.2) is 6.10 Å². The van der Waals surface area contributed by atoms with E-state index in [1.54, 1.807) is 0 Å². The van der Waals surface area contributed by atoms with E-state index in [4.69, 9.17) is 14.2 Å². The highest BCUT2D eigenvalue weighted by Crippen LogP contribution is 2.16. The lowest BCUT2D eigenvalue weighted by Gasteiger charge is -2.18. The summed E-state index contributed by atoms with van der Waals surface area (Å²) < 4.78 is 16.9. The van der Waals surface area contributed by atoms with Crippen LogP contribution in [0.4, 0.5) is 0 Å². The van der Waals surface area contributed by atoms with Gasteiger partial charge in [0, 0.05) is 19.3 Å². The Kier molecular flexibility index (Phi) is 60.3. The molecule has 0 fully saturated rings. The summed E-state index contributed by atoms with van der Waals surface area (Å²) in [7, 11) is 0. The molecular weight excluding hydrogens is 937 g/mol. The minimum atomic E-state index is -0.785. The van der Waals surface area contributed by atoms with Crippen LogP contribution in [0, 0.1) is 0 Å². The van der Waals surface area contributed by atoms with E-state index in [0.29, 0.717) is 19.3 Å². The summed E-state index contributed by atoms with van der Waals surface area (Å²) in [6.45, 7) is 6.48. The van der Waals surface area contributed by atoms with Crippen LogP contribution in [0.2, 0.25) is 0 Å². The Balaban J connectivity index is 4.18. The second kappa shape index (κ2) is 63.6. The third-order valence-corrected chi connectivity index (χ3v) is 13.5. The van der Waals surface area contributed by atoms with Crippen molar-refractivity contribution in [3.8, 4) is 0 Å². The van der Waals surface area contributed by atoms with Crippen LogP contribution in [0.25, 0.3) is 0 Å². The number of unbranched alkanes of at least 4 members (excludes halogenated alkanes) is 28. The number of esters is 3. The Labute approximate surface area is 470 Å². The van der Waals surface area contributed by atoms with Gasteiger partial charge in [0.05, 0.1) is 0 Å². The molecule has 0 aromatic rings. The SMILES string of the molecule is CC/C=C\C/C=C\C/C=C\C/C=C\C/C=C\C/C=C\C/C=C\CCCCCCCCCCCCCC(=O)OCC(COC(=O)CCCCCCCCCCCCC)OC(=O)CCCCCCC/C=C\C/C=C\CCCC. The van der Waals surface area contributed by atoms with Crippen LogP contribution in [-0.4, -0.2) is 37.2 Å². The summed E-state index contributed by atoms with van der Waals surface area (Å²) in [5.74, 6) is -0.894. The molecule has 6 nitrogen and oxygen atoms in total. The van der Waals surface area contributed by atoms with Crippen molar-refractivity contribution >= 4 is 17.9 Å². The first-order valence-corrected chi connectivity index (χ1v) is 31.9. The lowest BCUT2D eigenvalue weighted by Crippen LogP contribution is -2.30. The van der Waals surface area contributed by atoms with Gasteiger partial charge >= 0.3 is 17.9 Å². The lowest BCUT2D eigenvalue weighted by atomic mass is 10.0. The van der Waals surface area contributed by atoms with Gasteiger partial charge in [-0.05, 0) is 103 Å². The maximum atomic E-state index is 12.8. The highest BCUT2D eigenvalue weighted by molar-refractivity contribution is 5.71. The molecule has 6 heteroatoms. The number of allylic oxidation sites excluding steroid dienone is 18. The Morgan fingerprint density at radius 1 is 0.276 bits per heavy atom. The summed E-state index contributed by atoms with van der Waals surface area (Å²) in [6, 6.07) is 0. The fraction of sp³-hybridized carbons (Fsp3) is 0.700. The van der Waals surface area contributed by atoms with Crippen molar-refractivity contribution < 1.29 is 28.6 Å². The smallest absolute Gasteiger partial charge is 0.306 e. The normalized spacial score (nSPS) is 12.8. The van der Waals surface area contributed by atoms with Gasteiger partial charge in [-0.1, -0.05) is 284 Å². The maximum Gasteiger partial charge on any atom is 0.306 e. The molecule has 0 N–H and O–H groups in total. The topological polar surface area (TPSA) is 78.9 Å². The van der Waals surface area contributed by atoms with Crippen LogP contribution in [0.3, 0.4) is 0 Å². The molecule has 434 valence electrons. The largest absolute Gasteiger partial charge is 0.462 e. The summed E-state index contributed by atoms with van der Waals surface area (Å²) in [5, 5.41) is 0. The van der Waals surface area contributed by atoms with Crippen LogP contribution in [-0.2, 0) is 28.6 Å². The minimum Gasteiger partial charge on any atom is -0.462 e. The van der Waals surface area contributed by atoms with Gasteiger partial charge in [0.1, 0.15) is 13.2 Å². The standard InChI is InChI=1S/C70H118O6/c1-4-7-10-13-16-19-22-24-26-27-28-29-30-31-32-33-34-35-36-37-38-39-40-41-42-43-44-46-48-51-54-57-60-63-69(72)75-66-67(65-74-68(71)62-59-56-53-50-47-21-18-15-12-9-6-3)76-70(73)64-61-58-55-52-49-45-25-23-20-17-14-11-8-5-2/h7,10,14,16-17,19,23-26,28-29,31-32,34-35,37-38,67H,4-6,8-9,11-13,15,18,20-22,27,30,33,36,39-66H2,1-3H3/b10-7-,17-14-,19-16-,25-23-,26-24-,29-28-,32-31-,35-34-,38-37-. The van der Waals surface area contributed by atoms with Crippen molar-refractivity contribution in [1.82, 2.24) is 0 Å². The van der Waals surface area contributed by atoms with E-state index in [2.05, 4.69) is 130 Å². The fourth-order valence-corrected chi connectivity index (χ4v) is 8.73. The van der Waals surface area contributed by atoms with Crippen LogP contribution >= 0.6 is 0 Å². The van der Waals surface area contributed by atoms with Crippen molar-refractivity contribution in [2.45, 2.75) is 303 Å². The summed E-state index contributed by atoms with van der Waals surface area (Å²) in [4.78, 5) is 38.2. The second-order valence-corrected chi connectivity index (χ2v) is 20.9. The quantitative estimate of drug-likeness (QED) is 0.0261. The summed E-state index contributed by atoms with van der Waals surface area (Å²) >= 11 is 0. The van der Waals surface area contributed by atoms with Gasteiger partial charge in [0.2, 0.25) is 0 Å². The molecule has 0 radical (unpaired) electrons. The summed E-state index contributed by atoms with van der Waals surface area (Å²) in [6.07, 6.45) is 86.7. The van der Waals surface area contributed by atoms with Gasteiger partial charge in [-0.3, -0.25) is 14.4 Å². The van der Waals surface area contributed by atoms with Crippen LogP contribution in [0.1, 0.15) is 297 Å². The number of carbonyl (C=O) groups excluding carboxylic acids is 3. The van der Waals surface area contributed by atoms with E-state index >= 15 is 0 Å². The maximum absolute atomic E-state index is 12.8. The highest BCUT2D eigenvalue weighted by atomic mass is 16.6. The molecule has 0 rings (SSSR count). The zero-order valence-electron chi connectivity index (χ0n) is 49.7. The number of carbonyl (C=O) groups is 3. The predicted octanol–water partition coefficient (Wildman–Crippen LogP) is 21.8. The molecule has 0 aliphatic carbocycles. The van der Waals surface area contributed by atoms with Crippen molar-refractivity contribution in [3.63, 3.8) is 0 Å². The number of hydrogen-bond acceptors (Lipinski definition) is 6.